The smallest absolute Gasteiger partial charge is 0.243 e. The van der Waals surface area contributed by atoms with Crippen molar-refractivity contribution < 1.29 is 8.42 Å². The Morgan fingerprint density at radius 2 is 1.81 bits per heavy atom. The van der Waals surface area contributed by atoms with Gasteiger partial charge in [0, 0.05) is 23.8 Å². The number of halogens is 1. The van der Waals surface area contributed by atoms with Gasteiger partial charge in [0.2, 0.25) is 10.0 Å². The lowest BCUT2D eigenvalue weighted by atomic mass is 10.00. The van der Waals surface area contributed by atoms with E-state index in [4.69, 9.17) is 17.3 Å². The molecule has 0 atom stereocenters. The van der Waals surface area contributed by atoms with Gasteiger partial charge in [-0.15, -0.1) is 0 Å². The molecule has 21 heavy (non-hydrogen) atoms. The molecule has 0 unspecified atom stereocenters. The molecule has 0 fully saturated rings. The molecule has 4 nitrogen and oxygen atoms in total. The molecule has 1 heterocycles. The predicted octanol–water partition coefficient (Wildman–Crippen LogP) is 2.67. The molecule has 2 aromatic carbocycles. The van der Waals surface area contributed by atoms with Crippen LogP contribution in [-0.2, 0) is 23.0 Å². The highest BCUT2D eigenvalue weighted by atomic mass is 35.5. The zero-order valence-electron chi connectivity index (χ0n) is 11.3. The molecule has 3 rings (SSSR count). The lowest BCUT2D eigenvalue weighted by Crippen LogP contribution is -2.36. The van der Waals surface area contributed by atoms with E-state index in [1.807, 2.05) is 12.1 Å². The first kappa shape index (κ1) is 14.4. The fourth-order valence-corrected chi connectivity index (χ4v) is 4.08. The summed E-state index contributed by atoms with van der Waals surface area (Å²) < 4.78 is 26.8. The van der Waals surface area contributed by atoms with Crippen molar-refractivity contribution in [2.75, 3.05) is 12.3 Å². The molecule has 0 bridgehead atoms. The molecule has 0 aliphatic carbocycles. The number of fused-ring (bicyclic) bond motifs is 1. The number of hydrogen-bond donors (Lipinski definition) is 1. The van der Waals surface area contributed by atoms with Gasteiger partial charge >= 0.3 is 0 Å². The van der Waals surface area contributed by atoms with Crippen LogP contribution in [0.15, 0.2) is 47.4 Å². The normalized spacial score (nSPS) is 15.7. The maximum absolute atomic E-state index is 12.7. The van der Waals surface area contributed by atoms with E-state index in [0.29, 0.717) is 30.2 Å². The third kappa shape index (κ3) is 2.64. The Labute approximate surface area is 129 Å². The third-order valence-electron chi connectivity index (χ3n) is 3.73. The molecular weight excluding hydrogens is 308 g/mol. The van der Waals surface area contributed by atoms with Crippen LogP contribution in [0.1, 0.15) is 11.1 Å². The number of sulfonamides is 1. The van der Waals surface area contributed by atoms with Crippen molar-refractivity contribution in [2.45, 2.75) is 17.9 Å². The Balaban J connectivity index is 1.95. The van der Waals surface area contributed by atoms with Gasteiger partial charge in [0.25, 0.3) is 0 Å². The van der Waals surface area contributed by atoms with Crippen molar-refractivity contribution in [1.82, 2.24) is 4.31 Å². The third-order valence-corrected chi connectivity index (χ3v) is 5.84. The van der Waals surface area contributed by atoms with Crippen molar-refractivity contribution in [3.05, 3.63) is 58.6 Å². The zero-order chi connectivity index (χ0) is 15.0. The van der Waals surface area contributed by atoms with Crippen LogP contribution >= 0.6 is 11.6 Å². The Kier molecular flexibility index (Phi) is 3.65. The van der Waals surface area contributed by atoms with Crippen LogP contribution in [0.5, 0.6) is 0 Å². The molecule has 1 aliphatic heterocycles. The summed E-state index contributed by atoms with van der Waals surface area (Å²) in [6.45, 7) is 0.772. The summed E-state index contributed by atoms with van der Waals surface area (Å²) in [7, 11) is -3.52. The minimum atomic E-state index is -3.52. The van der Waals surface area contributed by atoms with Gasteiger partial charge in [0.1, 0.15) is 0 Å². The number of rotatable bonds is 2. The van der Waals surface area contributed by atoms with Crippen LogP contribution in [-0.4, -0.2) is 19.3 Å². The standard InChI is InChI=1S/C15H15ClN2O2S/c16-12-4-6-13(7-5-12)21(19,20)18-9-8-11-2-1-3-15(17)14(11)10-18/h1-7H,8-10,17H2. The molecule has 2 aromatic rings. The summed E-state index contributed by atoms with van der Waals surface area (Å²) in [6, 6.07) is 11.9. The van der Waals surface area contributed by atoms with Crippen LogP contribution in [0.4, 0.5) is 5.69 Å². The minimum Gasteiger partial charge on any atom is -0.398 e. The summed E-state index contributed by atoms with van der Waals surface area (Å²) in [5, 5.41) is 0.516. The van der Waals surface area contributed by atoms with E-state index in [2.05, 4.69) is 0 Å². The first-order valence-corrected chi connectivity index (χ1v) is 8.42. The lowest BCUT2D eigenvalue weighted by Gasteiger charge is -2.29. The summed E-state index contributed by atoms with van der Waals surface area (Å²) in [6.07, 6.45) is 0.674. The quantitative estimate of drug-likeness (QED) is 0.865. The maximum atomic E-state index is 12.7. The fourth-order valence-electron chi connectivity index (χ4n) is 2.54. The lowest BCUT2D eigenvalue weighted by molar-refractivity contribution is 0.392. The van der Waals surface area contributed by atoms with Gasteiger partial charge < -0.3 is 5.73 Å². The molecule has 0 saturated carbocycles. The second kappa shape index (κ2) is 5.33. The SMILES string of the molecule is Nc1cccc2c1CN(S(=O)(=O)c1ccc(Cl)cc1)CC2. The van der Waals surface area contributed by atoms with Crippen LogP contribution in [0.3, 0.4) is 0 Å². The second-order valence-corrected chi connectivity index (χ2v) is 7.40. The predicted molar refractivity (Wildman–Crippen MR) is 83.6 cm³/mol. The van der Waals surface area contributed by atoms with E-state index in [1.165, 1.54) is 16.4 Å². The van der Waals surface area contributed by atoms with Gasteiger partial charge in [-0.25, -0.2) is 8.42 Å². The zero-order valence-corrected chi connectivity index (χ0v) is 12.9. The first-order valence-electron chi connectivity index (χ1n) is 6.60. The Morgan fingerprint density at radius 3 is 2.52 bits per heavy atom. The van der Waals surface area contributed by atoms with E-state index in [9.17, 15) is 8.42 Å². The van der Waals surface area contributed by atoms with Crippen LogP contribution in [0.2, 0.25) is 5.02 Å². The highest BCUT2D eigenvalue weighted by molar-refractivity contribution is 7.89. The number of anilines is 1. The van der Waals surface area contributed by atoms with Crippen molar-refractivity contribution in [3.8, 4) is 0 Å². The summed E-state index contributed by atoms with van der Waals surface area (Å²) in [5.74, 6) is 0. The highest BCUT2D eigenvalue weighted by Gasteiger charge is 2.29. The number of nitrogen functional groups attached to an aromatic ring is 1. The minimum absolute atomic E-state index is 0.254. The Bertz CT molecular complexity index is 773. The topological polar surface area (TPSA) is 63.4 Å². The van der Waals surface area contributed by atoms with Crippen LogP contribution in [0, 0.1) is 0 Å². The molecule has 0 saturated heterocycles. The second-order valence-electron chi connectivity index (χ2n) is 5.03. The van der Waals surface area contributed by atoms with Crippen LogP contribution in [0.25, 0.3) is 0 Å². The van der Waals surface area contributed by atoms with E-state index < -0.39 is 10.0 Å². The van der Waals surface area contributed by atoms with Crippen molar-refractivity contribution in [1.29, 1.82) is 0 Å². The summed E-state index contributed by atoms with van der Waals surface area (Å²) in [4.78, 5) is 0.254. The number of hydrogen-bond acceptors (Lipinski definition) is 3. The largest absolute Gasteiger partial charge is 0.398 e. The van der Waals surface area contributed by atoms with E-state index in [1.54, 1.807) is 18.2 Å². The average Bonchev–Trinajstić information content (AvgIpc) is 2.48. The van der Waals surface area contributed by atoms with Crippen molar-refractivity contribution >= 4 is 27.3 Å². The van der Waals surface area contributed by atoms with Gasteiger partial charge in [-0.3, -0.25) is 0 Å². The maximum Gasteiger partial charge on any atom is 0.243 e. The molecule has 0 spiro atoms. The average molecular weight is 323 g/mol. The van der Waals surface area contributed by atoms with Gasteiger partial charge in [-0.05, 0) is 47.9 Å². The molecule has 0 amide bonds. The molecule has 1 aliphatic rings. The monoisotopic (exact) mass is 322 g/mol. The fraction of sp³-hybridized carbons (Fsp3) is 0.200. The first-order chi connectivity index (χ1) is 9.98. The Hall–Kier alpha value is -1.56. The number of benzene rings is 2. The molecular formula is C15H15ClN2O2S. The van der Waals surface area contributed by atoms with Gasteiger partial charge in [-0.1, -0.05) is 23.7 Å². The van der Waals surface area contributed by atoms with Gasteiger partial charge in [0.05, 0.1) is 4.90 Å². The highest BCUT2D eigenvalue weighted by Crippen LogP contribution is 2.28. The molecule has 110 valence electrons. The van der Waals surface area contributed by atoms with E-state index in [-0.39, 0.29) is 4.90 Å². The molecule has 2 N–H and O–H groups in total. The summed E-state index contributed by atoms with van der Waals surface area (Å²) in [5.41, 5.74) is 8.64. The van der Waals surface area contributed by atoms with E-state index in [0.717, 1.165) is 11.1 Å². The van der Waals surface area contributed by atoms with Crippen molar-refractivity contribution in [2.24, 2.45) is 0 Å². The van der Waals surface area contributed by atoms with Gasteiger partial charge in [0.15, 0.2) is 0 Å². The van der Waals surface area contributed by atoms with Crippen molar-refractivity contribution in [3.63, 3.8) is 0 Å². The number of nitrogens with two attached hydrogens (primary N) is 1. The Morgan fingerprint density at radius 1 is 1.10 bits per heavy atom. The molecule has 0 aromatic heterocycles. The van der Waals surface area contributed by atoms with Gasteiger partial charge in [-0.2, -0.15) is 4.31 Å². The number of nitrogens with zero attached hydrogens (tertiary/aromatic N) is 1. The van der Waals surface area contributed by atoms with Crippen LogP contribution < -0.4 is 5.73 Å². The molecule has 6 heteroatoms. The molecule has 0 radical (unpaired) electrons. The van der Waals surface area contributed by atoms with E-state index >= 15 is 0 Å². The summed E-state index contributed by atoms with van der Waals surface area (Å²) >= 11 is 5.81.